The summed E-state index contributed by atoms with van der Waals surface area (Å²) in [5, 5.41) is 12.9. The van der Waals surface area contributed by atoms with Crippen LogP contribution in [0.5, 0.6) is 0 Å². The summed E-state index contributed by atoms with van der Waals surface area (Å²) in [5.74, 6) is 0.112. The Morgan fingerprint density at radius 3 is 2.71 bits per heavy atom. The molecule has 1 heterocycles. The lowest BCUT2D eigenvalue weighted by atomic mass is 10.0. The number of amides is 2. The fourth-order valence-corrected chi connectivity index (χ4v) is 2.67. The Kier molecular flexibility index (Phi) is 5.22. The molecule has 1 aliphatic heterocycles. The first-order valence-corrected chi connectivity index (χ1v) is 7.74. The first-order chi connectivity index (χ1) is 9.94. The molecule has 0 bridgehead atoms. The molecular weight excluding hydrogens is 272 g/mol. The normalized spacial score (nSPS) is 24.7. The number of aliphatic hydroxyl groups is 1. The summed E-state index contributed by atoms with van der Waals surface area (Å²) in [4.78, 5) is 26.1. The van der Waals surface area contributed by atoms with Gasteiger partial charge < -0.3 is 20.1 Å². The zero-order valence-corrected chi connectivity index (χ0v) is 12.9. The van der Waals surface area contributed by atoms with Crippen LogP contribution in [0.15, 0.2) is 0 Å². The predicted molar refractivity (Wildman–Crippen MR) is 77.6 cm³/mol. The number of methoxy groups -OCH3 is 1. The van der Waals surface area contributed by atoms with Gasteiger partial charge in [0.25, 0.3) is 0 Å². The third-order valence-electron chi connectivity index (χ3n) is 4.25. The molecule has 2 atom stereocenters. The van der Waals surface area contributed by atoms with Gasteiger partial charge in [-0.1, -0.05) is 0 Å². The molecule has 21 heavy (non-hydrogen) atoms. The second kappa shape index (κ2) is 6.75. The topological polar surface area (TPSA) is 78.9 Å². The van der Waals surface area contributed by atoms with Gasteiger partial charge in [0.15, 0.2) is 0 Å². The van der Waals surface area contributed by atoms with Crippen molar-refractivity contribution >= 4 is 11.8 Å². The Morgan fingerprint density at radius 1 is 1.38 bits per heavy atom. The van der Waals surface area contributed by atoms with Gasteiger partial charge in [0.05, 0.1) is 5.60 Å². The van der Waals surface area contributed by atoms with Crippen LogP contribution in [0.25, 0.3) is 0 Å². The van der Waals surface area contributed by atoms with Crippen LogP contribution in [0.3, 0.4) is 0 Å². The maximum Gasteiger partial charge on any atom is 0.242 e. The van der Waals surface area contributed by atoms with E-state index in [0.29, 0.717) is 26.0 Å². The minimum atomic E-state index is -0.990. The molecule has 1 aliphatic carbocycles. The zero-order valence-electron chi connectivity index (χ0n) is 12.9. The Balaban J connectivity index is 1.83. The van der Waals surface area contributed by atoms with Gasteiger partial charge in [-0.15, -0.1) is 0 Å². The highest BCUT2D eigenvalue weighted by atomic mass is 16.5. The predicted octanol–water partition coefficient (Wildman–Crippen LogP) is 0.291. The van der Waals surface area contributed by atoms with Crippen LogP contribution in [0.4, 0.5) is 0 Å². The molecule has 6 heteroatoms. The Labute approximate surface area is 125 Å². The number of carbonyl (C=O) groups excluding carboxylic acids is 2. The Bertz CT molecular complexity index is 393. The van der Waals surface area contributed by atoms with E-state index >= 15 is 0 Å². The van der Waals surface area contributed by atoms with E-state index in [1.54, 1.807) is 18.9 Å². The van der Waals surface area contributed by atoms with Crippen molar-refractivity contribution in [3.05, 3.63) is 0 Å². The maximum absolute atomic E-state index is 12.3. The van der Waals surface area contributed by atoms with Gasteiger partial charge in [0, 0.05) is 39.1 Å². The molecule has 0 aromatic heterocycles. The van der Waals surface area contributed by atoms with Crippen LogP contribution in [0.1, 0.15) is 39.0 Å². The van der Waals surface area contributed by atoms with Gasteiger partial charge in [-0.2, -0.15) is 0 Å². The van der Waals surface area contributed by atoms with Crippen molar-refractivity contribution in [3.8, 4) is 0 Å². The molecule has 120 valence electrons. The SMILES string of the molecule is COCCC(C)(O)CNC(=O)C1CCCN1C(=O)C1CC1. The molecule has 2 amide bonds. The van der Waals surface area contributed by atoms with E-state index < -0.39 is 5.60 Å². The smallest absolute Gasteiger partial charge is 0.242 e. The number of carbonyl (C=O) groups is 2. The molecule has 0 radical (unpaired) electrons. The summed E-state index contributed by atoms with van der Waals surface area (Å²) in [7, 11) is 1.58. The van der Waals surface area contributed by atoms with Crippen LogP contribution < -0.4 is 5.32 Å². The standard InChI is InChI=1S/C15H26N2O4/c1-15(20,7-9-21-2)10-16-13(18)12-4-3-8-17(12)14(19)11-5-6-11/h11-12,20H,3-10H2,1-2H3,(H,16,18). The van der Waals surface area contributed by atoms with Gasteiger partial charge in [0.2, 0.25) is 11.8 Å². The fraction of sp³-hybridized carbons (Fsp3) is 0.867. The van der Waals surface area contributed by atoms with Crippen LogP contribution in [-0.2, 0) is 14.3 Å². The van der Waals surface area contributed by atoms with Crippen LogP contribution >= 0.6 is 0 Å². The zero-order chi connectivity index (χ0) is 15.5. The summed E-state index contributed by atoms with van der Waals surface area (Å²) in [5.41, 5.74) is -0.990. The summed E-state index contributed by atoms with van der Waals surface area (Å²) in [6, 6.07) is -0.365. The largest absolute Gasteiger partial charge is 0.388 e. The molecule has 2 fully saturated rings. The van der Waals surface area contributed by atoms with E-state index in [4.69, 9.17) is 4.74 Å². The number of ether oxygens (including phenoxy) is 1. The average molecular weight is 298 g/mol. The van der Waals surface area contributed by atoms with Crippen LogP contribution in [0.2, 0.25) is 0 Å². The third-order valence-corrected chi connectivity index (χ3v) is 4.25. The van der Waals surface area contributed by atoms with E-state index in [2.05, 4.69) is 5.32 Å². The summed E-state index contributed by atoms with van der Waals surface area (Å²) in [6.45, 7) is 2.97. The Morgan fingerprint density at radius 2 is 2.10 bits per heavy atom. The summed E-state index contributed by atoms with van der Waals surface area (Å²) in [6.07, 6.45) is 3.95. The van der Waals surface area contributed by atoms with E-state index in [1.807, 2.05) is 0 Å². The number of nitrogens with one attached hydrogen (secondary N) is 1. The van der Waals surface area contributed by atoms with E-state index in [1.165, 1.54) is 0 Å². The van der Waals surface area contributed by atoms with Gasteiger partial charge in [-0.25, -0.2) is 0 Å². The van der Waals surface area contributed by atoms with Crippen molar-refractivity contribution in [1.82, 2.24) is 10.2 Å². The molecule has 2 unspecified atom stereocenters. The highest BCUT2D eigenvalue weighted by Crippen LogP contribution is 2.33. The summed E-state index contributed by atoms with van der Waals surface area (Å²) >= 11 is 0. The minimum Gasteiger partial charge on any atom is -0.388 e. The fourth-order valence-electron chi connectivity index (χ4n) is 2.67. The molecular formula is C15H26N2O4. The van der Waals surface area contributed by atoms with Gasteiger partial charge in [0.1, 0.15) is 6.04 Å². The second-order valence-corrected chi connectivity index (χ2v) is 6.42. The van der Waals surface area contributed by atoms with Crippen molar-refractivity contribution in [2.24, 2.45) is 5.92 Å². The number of hydrogen-bond donors (Lipinski definition) is 2. The molecule has 1 saturated carbocycles. The first-order valence-electron chi connectivity index (χ1n) is 7.74. The monoisotopic (exact) mass is 298 g/mol. The third kappa shape index (κ3) is 4.41. The number of rotatable bonds is 7. The number of likely N-dealkylation sites (tertiary alicyclic amines) is 1. The number of hydrogen-bond acceptors (Lipinski definition) is 4. The van der Waals surface area contributed by atoms with Crippen molar-refractivity contribution in [2.75, 3.05) is 26.8 Å². The lowest BCUT2D eigenvalue weighted by molar-refractivity contribution is -0.139. The highest BCUT2D eigenvalue weighted by Gasteiger charge is 2.41. The van der Waals surface area contributed by atoms with Crippen LogP contribution in [-0.4, -0.2) is 60.3 Å². The van der Waals surface area contributed by atoms with E-state index in [-0.39, 0.29) is 30.3 Å². The molecule has 2 aliphatic rings. The average Bonchev–Trinajstić information content (AvgIpc) is 3.19. The van der Waals surface area contributed by atoms with Gasteiger partial charge >= 0.3 is 0 Å². The maximum atomic E-state index is 12.3. The molecule has 0 aromatic rings. The lowest BCUT2D eigenvalue weighted by Crippen LogP contribution is -2.50. The Hall–Kier alpha value is -1.14. The number of nitrogens with zero attached hydrogens (tertiary/aromatic N) is 1. The van der Waals surface area contributed by atoms with Crippen molar-refractivity contribution in [1.29, 1.82) is 0 Å². The van der Waals surface area contributed by atoms with Gasteiger partial charge in [-0.05, 0) is 32.6 Å². The first kappa shape index (κ1) is 16.2. The molecule has 2 rings (SSSR count). The minimum absolute atomic E-state index is 0.124. The molecule has 1 saturated heterocycles. The van der Waals surface area contributed by atoms with E-state index in [0.717, 1.165) is 19.3 Å². The second-order valence-electron chi connectivity index (χ2n) is 6.42. The molecule has 6 nitrogen and oxygen atoms in total. The quantitative estimate of drug-likeness (QED) is 0.708. The molecule has 0 spiro atoms. The van der Waals surface area contributed by atoms with Crippen molar-refractivity contribution in [3.63, 3.8) is 0 Å². The highest BCUT2D eigenvalue weighted by molar-refractivity contribution is 5.90. The van der Waals surface area contributed by atoms with Crippen molar-refractivity contribution < 1.29 is 19.4 Å². The van der Waals surface area contributed by atoms with Gasteiger partial charge in [-0.3, -0.25) is 9.59 Å². The lowest BCUT2D eigenvalue weighted by Gasteiger charge is -2.27. The van der Waals surface area contributed by atoms with Crippen molar-refractivity contribution in [2.45, 2.75) is 50.7 Å². The van der Waals surface area contributed by atoms with E-state index in [9.17, 15) is 14.7 Å². The molecule has 2 N–H and O–H groups in total. The molecule has 0 aromatic carbocycles. The van der Waals surface area contributed by atoms with Crippen LogP contribution in [0, 0.1) is 5.92 Å². The summed E-state index contributed by atoms with van der Waals surface area (Å²) < 4.78 is 4.94.